The predicted molar refractivity (Wildman–Crippen MR) is 59.0 cm³/mol. The van der Waals surface area contributed by atoms with Gasteiger partial charge in [0.1, 0.15) is 0 Å². The Hall–Kier alpha value is -1.68. The quantitative estimate of drug-likeness (QED) is 0.819. The molecular weight excluding hydrogens is 188 g/mol. The molecule has 0 atom stereocenters. The zero-order valence-corrected chi connectivity index (χ0v) is 8.72. The molecule has 78 valence electrons. The predicted octanol–water partition coefficient (Wildman–Crippen LogP) is 1.42. The van der Waals surface area contributed by atoms with Gasteiger partial charge in [0, 0.05) is 36.6 Å². The molecule has 0 unspecified atom stereocenters. The summed E-state index contributed by atoms with van der Waals surface area (Å²) in [5.41, 5.74) is 8.56. The summed E-state index contributed by atoms with van der Waals surface area (Å²) in [6, 6.07) is 3.96. The minimum atomic E-state index is 0.481. The Morgan fingerprint density at radius 3 is 2.67 bits per heavy atom. The summed E-state index contributed by atoms with van der Waals surface area (Å²) in [6.45, 7) is 3.43. The first kappa shape index (κ1) is 9.86. The van der Waals surface area contributed by atoms with Crippen molar-refractivity contribution < 1.29 is 0 Å². The van der Waals surface area contributed by atoms with Gasteiger partial charge < -0.3 is 5.73 Å². The van der Waals surface area contributed by atoms with Crippen LogP contribution in [0.5, 0.6) is 0 Å². The summed E-state index contributed by atoms with van der Waals surface area (Å²) in [5.74, 6) is 0. The van der Waals surface area contributed by atoms with Crippen LogP contribution in [0, 0.1) is 0 Å². The van der Waals surface area contributed by atoms with E-state index in [0.29, 0.717) is 6.54 Å². The molecule has 0 saturated heterocycles. The monoisotopic (exact) mass is 202 g/mol. The number of rotatable bonds is 3. The Morgan fingerprint density at radius 2 is 2.13 bits per heavy atom. The molecule has 2 N–H and O–H groups in total. The third-order valence-electron chi connectivity index (χ3n) is 2.32. The van der Waals surface area contributed by atoms with E-state index in [2.05, 4.69) is 17.0 Å². The number of pyridine rings is 1. The first-order valence-corrected chi connectivity index (χ1v) is 5.01. The first-order chi connectivity index (χ1) is 7.33. The third kappa shape index (κ3) is 2.05. The highest BCUT2D eigenvalue weighted by atomic mass is 15.3. The SMILES string of the molecule is CCn1cc(-c2ccc(CN)nc2)cn1. The van der Waals surface area contributed by atoms with Crippen LogP contribution in [-0.4, -0.2) is 14.8 Å². The molecule has 4 heteroatoms. The van der Waals surface area contributed by atoms with Crippen LogP contribution < -0.4 is 5.73 Å². The van der Waals surface area contributed by atoms with E-state index in [0.717, 1.165) is 23.4 Å². The Morgan fingerprint density at radius 1 is 1.27 bits per heavy atom. The van der Waals surface area contributed by atoms with Gasteiger partial charge in [-0.1, -0.05) is 6.07 Å². The van der Waals surface area contributed by atoms with Gasteiger partial charge in [-0.3, -0.25) is 9.67 Å². The molecule has 0 bridgehead atoms. The summed E-state index contributed by atoms with van der Waals surface area (Å²) in [4.78, 5) is 4.25. The van der Waals surface area contributed by atoms with E-state index in [1.165, 1.54) is 0 Å². The molecule has 0 fully saturated rings. The maximum absolute atomic E-state index is 5.49. The smallest absolute Gasteiger partial charge is 0.0568 e. The van der Waals surface area contributed by atoms with Gasteiger partial charge >= 0.3 is 0 Å². The minimum absolute atomic E-state index is 0.481. The van der Waals surface area contributed by atoms with Crippen LogP contribution in [0.15, 0.2) is 30.7 Å². The standard InChI is InChI=1S/C11H14N4/c1-2-15-8-10(7-14-15)9-3-4-11(5-12)13-6-9/h3-4,6-8H,2,5,12H2,1H3. The highest BCUT2D eigenvalue weighted by Crippen LogP contribution is 2.17. The fourth-order valence-corrected chi connectivity index (χ4v) is 1.40. The van der Waals surface area contributed by atoms with Crippen molar-refractivity contribution >= 4 is 0 Å². The molecule has 2 heterocycles. The van der Waals surface area contributed by atoms with Crippen LogP contribution >= 0.6 is 0 Å². The molecule has 0 radical (unpaired) electrons. The van der Waals surface area contributed by atoms with E-state index < -0.39 is 0 Å². The van der Waals surface area contributed by atoms with Crippen LogP contribution in [0.1, 0.15) is 12.6 Å². The number of aryl methyl sites for hydroxylation is 1. The Bertz CT molecular complexity index is 430. The number of hydrogen-bond acceptors (Lipinski definition) is 3. The van der Waals surface area contributed by atoms with E-state index in [1.54, 1.807) is 0 Å². The molecule has 0 saturated carbocycles. The molecule has 0 aliphatic heterocycles. The minimum Gasteiger partial charge on any atom is -0.325 e. The second-order valence-corrected chi connectivity index (χ2v) is 3.33. The maximum Gasteiger partial charge on any atom is 0.0568 e. The average Bonchev–Trinajstić information content (AvgIpc) is 2.78. The molecule has 2 rings (SSSR count). The molecular formula is C11H14N4. The molecule has 15 heavy (non-hydrogen) atoms. The maximum atomic E-state index is 5.49. The highest BCUT2D eigenvalue weighted by Gasteiger charge is 2.01. The summed E-state index contributed by atoms with van der Waals surface area (Å²) in [7, 11) is 0. The Kier molecular flexibility index (Phi) is 2.78. The molecule has 0 aliphatic rings. The van der Waals surface area contributed by atoms with Gasteiger partial charge in [-0.2, -0.15) is 5.10 Å². The average molecular weight is 202 g/mol. The van der Waals surface area contributed by atoms with Crippen LogP contribution in [0.2, 0.25) is 0 Å². The number of hydrogen-bond donors (Lipinski definition) is 1. The molecule has 2 aromatic heterocycles. The second kappa shape index (κ2) is 4.23. The van der Waals surface area contributed by atoms with Gasteiger partial charge in [-0.05, 0) is 13.0 Å². The van der Waals surface area contributed by atoms with Crippen molar-refractivity contribution in [1.29, 1.82) is 0 Å². The lowest BCUT2D eigenvalue weighted by Gasteiger charge is -1.98. The normalized spacial score (nSPS) is 10.5. The summed E-state index contributed by atoms with van der Waals surface area (Å²) in [6.07, 6.45) is 5.70. The van der Waals surface area contributed by atoms with Crippen LogP contribution in [-0.2, 0) is 13.1 Å². The van der Waals surface area contributed by atoms with Gasteiger partial charge in [-0.25, -0.2) is 0 Å². The van der Waals surface area contributed by atoms with Crippen LogP contribution in [0.25, 0.3) is 11.1 Å². The van der Waals surface area contributed by atoms with E-state index in [4.69, 9.17) is 5.73 Å². The number of nitrogens with zero attached hydrogens (tertiary/aromatic N) is 3. The molecule has 0 aliphatic carbocycles. The number of aromatic nitrogens is 3. The lowest BCUT2D eigenvalue weighted by molar-refractivity contribution is 0.660. The van der Waals surface area contributed by atoms with Gasteiger partial charge in [0.25, 0.3) is 0 Å². The summed E-state index contributed by atoms with van der Waals surface area (Å²) < 4.78 is 1.90. The van der Waals surface area contributed by atoms with Gasteiger partial charge in [-0.15, -0.1) is 0 Å². The first-order valence-electron chi connectivity index (χ1n) is 5.01. The second-order valence-electron chi connectivity index (χ2n) is 3.33. The summed E-state index contributed by atoms with van der Waals surface area (Å²) >= 11 is 0. The van der Waals surface area contributed by atoms with Crippen molar-refractivity contribution in [1.82, 2.24) is 14.8 Å². The summed E-state index contributed by atoms with van der Waals surface area (Å²) in [5, 5.41) is 4.22. The Balaban J connectivity index is 2.28. The topological polar surface area (TPSA) is 56.7 Å². The molecule has 0 aromatic carbocycles. The Labute approximate surface area is 88.8 Å². The lowest BCUT2D eigenvalue weighted by Crippen LogP contribution is -1.98. The van der Waals surface area contributed by atoms with E-state index >= 15 is 0 Å². The van der Waals surface area contributed by atoms with Crippen LogP contribution in [0.3, 0.4) is 0 Å². The third-order valence-corrected chi connectivity index (χ3v) is 2.32. The fourth-order valence-electron chi connectivity index (χ4n) is 1.40. The fraction of sp³-hybridized carbons (Fsp3) is 0.273. The highest BCUT2D eigenvalue weighted by molar-refractivity contribution is 5.60. The molecule has 2 aromatic rings. The van der Waals surface area contributed by atoms with E-state index in [-0.39, 0.29) is 0 Å². The number of nitrogens with two attached hydrogens (primary N) is 1. The molecule has 4 nitrogen and oxygen atoms in total. The largest absolute Gasteiger partial charge is 0.325 e. The van der Waals surface area contributed by atoms with Crippen molar-refractivity contribution in [2.24, 2.45) is 5.73 Å². The van der Waals surface area contributed by atoms with Gasteiger partial charge in [0.05, 0.1) is 11.9 Å². The van der Waals surface area contributed by atoms with Crippen molar-refractivity contribution in [2.45, 2.75) is 20.0 Å². The van der Waals surface area contributed by atoms with Gasteiger partial charge in [0.15, 0.2) is 0 Å². The van der Waals surface area contributed by atoms with Crippen molar-refractivity contribution in [3.05, 3.63) is 36.4 Å². The van der Waals surface area contributed by atoms with Crippen molar-refractivity contribution in [3.63, 3.8) is 0 Å². The van der Waals surface area contributed by atoms with Crippen LogP contribution in [0.4, 0.5) is 0 Å². The van der Waals surface area contributed by atoms with Crippen molar-refractivity contribution in [3.8, 4) is 11.1 Å². The zero-order chi connectivity index (χ0) is 10.7. The van der Waals surface area contributed by atoms with E-state index in [9.17, 15) is 0 Å². The zero-order valence-electron chi connectivity index (χ0n) is 8.72. The van der Waals surface area contributed by atoms with Crippen molar-refractivity contribution in [2.75, 3.05) is 0 Å². The van der Waals surface area contributed by atoms with E-state index in [1.807, 2.05) is 35.4 Å². The molecule has 0 spiro atoms. The molecule has 0 amide bonds. The van der Waals surface area contributed by atoms with Gasteiger partial charge in [0.2, 0.25) is 0 Å². The lowest BCUT2D eigenvalue weighted by atomic mass is 10.1.